The second kappa shape index (κ2) is 14.7. The molecule has 0 aliphatic rings. The van der Waals surface area contributed by atoms with Gasteiger partial charge < -0.3 is 40.9 Å². The van der Waals surface area contributed by atoms with Crippen molar-refractivity contribution in [3.05, 3.63) is 93.2 Å². The SMILES string of the molecule is O=c1cc(-c2ccc(O)c(-c3c(O)cc4oc(-c5ccc(O)cc5)cc(=O)c4c3O)c2)oc2cc(O)cc(O)c12.SSSS.[H-].[K+]. The van der Waals surface area contributed by atoms with Gasteiger partial charge in [-0.25, -0.2) is 0 Å². The predicted molar refractivity (Wildman–Crippen MR) is 179 cm³/mol. The van der Waals surface area contributed by atoms with Crippen LogP contribution in [-0.4, -0.2) is 30.6 Å². The number of phenolic OH excluding ortho intramolecular Hbond substituents is 6. The Morgan fingerprint density at radius 2 is 1.13 bits per heavy atom. The van der Waals surface area contributed by atoms with Crippen molar-refractivity contribution in [3.8, 4) is 68.3 Å². The van der Waals surface area contributed by atoms with Gasteiger partial charge in [0.15, 0.2) is 10.9 Å². The third kappa shape index (κ3) is 7.26. The van der Waals surface area contributed by atoms with E-state index in [1.807, 2.05) is 0 Å². The zero-order valence-electron chi connectivity index (χ0n) is 24.0. The van der Waals surface area contributed by atoms with E-state index in [1.165, 1.54) is 62.1 Å². The molecule has 0 radical (unpaired) electrons. The van der Waals surface area contributed by atoms with Gasteiger partial charge in [-0.3, -0.25) is 9.59 Å². The van der Waals surface area contributed by atoms with Crippen molar-refractivity contribution in [1.29, 1.82) is 0 Å². The number of thiol groups is 2. The zero-order valence-corrected chi connectivity index (χ0v) is 29.5. The molecule has 0 saturated heterocycles. The minimum atomic E-state index is -0.650. The Hall–Kier alpha value is -2.86. The first kappa shape index (κ1) is 35.0. The van der Waals surface area contributed by atoms with Crippen LogP contribution in [0.25, 0.3) is 55.7 Å². The average Bonchev–Trinajstić information content (AvgIpc) is 2.97. The maximum atomic E-state index is 13.0. The molecule has 0 amide bonds. The Bertz CT molecular complexity index is 2170. The van der Waals surface area contributed by atoms with Crippen LogP contribution in [0.4, 0.5) is 0 Å². The van der Waals surface area contributed by atoms with Crippen LogP contribution in [0, 0.1) is 0 Å². The molecule has 6 rings (SSSR count). The topological polar surface area (TPSA) is 182 Å². The minimum absolute atomic E-state index is 0. The van der Waals surface area contributed by atoms with Gasteiger partial charge in [-0.2, -0.15) is 0 Å². The van der Waals surface area contributed by atoms with Crippen LogP contribution in [0.5, 0.6) is 34.5 Å². The molecule has 4 aromatic carbocycles. The molecular weight excluding hydrogens is 688 g/mol. The van der Waals surface area contributed by atoms with Gasteiger partial charge in [-0.1, -0.05) is 23.3 Å². The van der Waals surface area contributed by atoms with Gasteiger partial charge in [0.1, 0.15) is 68.0 Å². The summed E-state index contributed by atoms with van der Waals surface area (Å²) in [6.07, 6.45) is 0. The third-order valence-corrected chi connectivity index (χ3v) is 9.17. The fraction of sp³-hybridized carbons (Fsp3) is 0. The molecule has 2 aromatic heterocycles. The Balaban J connectivity index is 0.000000909. The summed E-state index contributed by atoms with van der Waals surface area (Å²) in [5.74, 6) is -2.15. The van der Waals surface area contributed by atoms with Gasteiger partial charge in [0.25, 0.3) is 0 Å². The summed E-state index contributed by atoms with van der Waals surface area (Å²) in [4.78, 5) is 25.7. The molecule has 0 unspecified atom stereocenters. The number of aromatic hydroxyl groups is 6. The van der Waals surface area contributed by atoms with Crippen LogP contribution >= 0.6 is 43.0 Å². The summed E-state index contributed by atoms with van der Waals surface area (Å²) in [7, 11) is 2.66. The number of phenols is 6. The summed E-state index contributed by atoms with van der Waals surface area (Å²) >= 11 is 7.45. The van der Waals surface area contributed by atoms with Gasteiger partial charge in [-0.05, 0) is 62.1 Å². The molecule has 0 atom stereocenters. The van der Waals surface area contributed by atoms with Crippen molar-refractivity contribution in [1.82, 2.24) is 0 Å². The van der Waals surface area contributed by atoms with Crippen molar-refractivity contribution in [2.75, 3.05) is 0 Å². The summed E-state index contributed by atoms with van der Waals surface area (Å²) in [6.45, 7) is 0. The maximum Gasteiger partial charge on any atom is 1.00 e. The molecule has 15 heteroatoms. The molecule has 0 saturated carbocycles. The molecule has 6 aromatic rings. The van der Waals surface area contributed by atoms with Crippen molar-refractivity contribution in [2.45, 2.75) is 0 Å². The van der Waals surface area contributed by atoms with Crippen molar-refractivity contribution in [3.63, 3.8) is 0 Å². The summed E-state index contributed by atoms with van der Waals surface area (Å²) in [5.41, 5.74) is -1.07. The quantitative estimate of drug-likeness (QED) is 0.0740. The number of fused-ring (bicyclic) bond motifs is 2. The van der Waals surface area contributed by atoms with Gasteiger partial charge in [-0.15, -0.1) is 0 Å². The van der Waals surface area contributed by atoms with Crippen LogP contribution in [0.1, 0.15) is 1.43 Å². The molecule has 226 valence electrons. The van der Waals surface area contributed by atoms with Crippen molar-refractivity contribution in [2.24, 2.45) is 0 Å². The van der Waals surface area contributed by atoms with Crippen molar-refractivity contribution < 1.29 is 92.3 Å². The average molecular weight is 709 g/mol. The molecule has 0 bridgehead atoms. The van der Waals surface area contributed by atoms with Crippen LogP contribution < -0.4 is 62.2 Å². The number of hydrogen-bond acceptors (Lipinski definition) is 14. The van der Waals surface area contributed by atoms with E-state index in [4.69, 9.17) is 8.83 Å². The van der Waals surface area contributed by atoms with E-state index in [-0.39, 0.29) is 120 Å². The first-order chi connectivity index (χ1) is 21.0. The number of rotatable bonds is 4. The number of hydrogen-bond donors (Lipinski definition) is 8. The largest absolute Gasteiger partial charge is 1.00 e. The molecule has 0 fully saturated rings. The molecule has 2 heterocycles. The molecule has 6 N–H and O–H groups in total. The van der Waals surface area contributed by atoms with Gasteiger partial charge >= 0.3 is 51.4 Å². The Kier molecular flexibility index (Phi) is 11.4. The molecular formula is C30H21KO10S4. The van der Waals surface area contributed by atoms with Crippen LogP contribution in [0.3, 0.4) is 0 Å². The summed E-state index contributed by atoms with van der Waals surface area (Å²) in [5, 5.41) is 61.6. The molecule has 0 aliphatic carbocycles. The van der Waals surface area contributed by atoms with Crippen LogP contribution in [0.2, 0.25) is 0 Å². The number of benzene rings is 4. The minimum Gasteiger partial charge on any atom is -1.00 e. The second-order valence-corrected chi connectivity index (χ2v) is 13.1. The monoisotopic (exact) mass is 708 g/mol. The predicted octanol–water partition coefficient (Wildman–Crippen LogP) is 4.31. The Morgan fingerprint density at radius 3 is 1.76 bits per heavy atom. The molecule has 10 nitrogen and oxygen atoms in total. The van der Waals surface area contributed by atoms with Crippen LogP contribution in [-0.2, 0) is 0 Å². The van der Waals surface area contributed by atoms with Gasteiger partial charge in [0.05, 0.1) is 5.56 Å². The second-order valence-electron chi connectivity index (χ2n) is 9.21. The summed E-state index contributed by atoms with van der Waals surface area (Å²) < 4.78 is 11.5. The van der Waals surface area contributed by atoms with E-state index < -0.39 is 28.1 Å². The summed E-state index contributed by atoms with van der Waals surface area (Å²) in [6, 6.07) is 15.4. The van der Waals surface area contributed by atoms with Gasteiger partial charge in [0.2, 0.25) is 0 Å². The zero-order chi connectivity index (χ0) is 31.7. The Morgan fingerprint density at radius 1 is 0.578 bits per heavy atom. The fourth-order valence-electron chi connectivity index (χ4n) is 4.61. The molecule has 0 aliphatic heterocycles. The fourth-order valence-corrected chi connectivity index (χ4v) is 4.61. The first-order valence-electron chi connectivity index (χ1n) is 12.3. The third-order valence-electron chi connectivity index (χ3n) is 6.50. The smallest absolute Gasteiger partial charge is 1.00 e. The standard InChI is InChI=1S/C30H18O10.K.H2S4.H/c31-15-4-1-13(2-5-15)23-11-22(37)29-26(39-23)12-20(35)27(30(29)38)17-7-14(3-6-18(17)33)24-10-21(36)28-19(34)8-16(32)9-25(28)40-24;;1-3-4-2;/h1-12,31-35,38H;;1-2H;/q;+1;;-1. The normalized spacial score (nSPS) is 10.7. The van der Waals surface area contributed by atoms with E-state index >= 15 is 0 Å². The Labute approximate surface area is 315 Å². The molecule has 45 heavy (non-hydrogen) atoms. The van der Waals surface area contributed by atoms with Gasteiger partial charge in [0, 0.05) is 47.0 Å². The van der Waals surface area contributed by atoms with E-state index in [0.717, 1.165) is 30.3 Å². The van der Waals surface area contributed by atoms with E-state index in [0.29, 0.717) is 5.56 Å². The van der Waals surface area contributed by atoms with Crippen molar-refractivity contribution >= 4 is 64.9 Å². The van der Waals surface area contributed by atoms with E-state index in [1.54, 1.807) is 0 Å². The van der Waals surface area contributed by atoms with Crippen LogP contribution in [0.15, 0.2) is 91.2 Å². The maximum absolute atomic E-state index is 13.0. The van der Waals surface area contributed by atoms with E-state index in [2.05, 4.69) is 23.3 Å². The first-order valence-corrected chi connectivity index (χ1v) is 16.5. The van der Waals surface area contributed by atoms with E-state index in [9.17, 15) is 40.2 Å². The molecule has 0 spiro atoms.